The van der Waals surface area contributed by atoms with E-state index < -0.39 is 11.7 Å². The van der Waals surface area contributed by atoms with Crippen LogP contribution in [0.1, 0.15) is 37.8 Å². The van der Waals surface area contributed by atoms with Gasteiger partial charge in [-0.15, -0.1) is 0 Å². The predicted molar refractivity (Wildman–Crippen MR) is 69.0 cm³/mol. The molecule has 0 N–H and O–H groups in total. The fourth-order valence-corrected chi connectivity index (χ4v) is 2.23. The van der Waals surface area contributed by atoms with Crippen LogP contribution in [-0.4, -0.2) is 13.1 Å². The van der Waals surface area contributed by atoms with Crippen LogP contribution in [0.15, 0.2) is 18.2 Å². The van der Waals surface area contributed by atoms with Gasteiger partial charge in [0.05, 0.1) is 5.56 Å². The van der Waals surface area contributed by atoms with E-state index in [1.165, 1.54) is 6.07 Å². The topological polar surface area (TPSA) is 3.24 Å². The van der Waals surface area contributed by atoms with E-state index in [2.05, 4.69) is 0 Å². The molecule has 0 atom stereocenters. The lowest BCUT2D eigenvalue weighted by Crippen LogP contribution is -2.20. The molecule has 1 aliphatic rings. The average molecular weight is 259 g/mol. The van der Waals surface area contributed by atoms with Gasteiger partial charge in [-0.2, -0.15) is 13.2 Å². The molecule has 0 amide bonds. The lowest BCUT2D eigenvalue weighted by molar-refractivity contribution is -0.138. The van der Waals surface area contributed by atoms with E-state index in [0.717, 1.165) is 37.7 Å². The van der Waals surface area contributed by atoms with Crippen molar-refractivity contribution in [2.75, 3.05) is 18.0 Å². The van der Waals surface area contributed by atoms with Crippen molar-refractivity contribution in [3.63, 3.8) is 0 Å². The summed E-state index contributed by atoms with van der Waals surface area (Å²) < 4.78 is 38.1. The minimum absolute atomic E-state index is 0.344. The zero-order valence-corrected chi connectivity index (χ0v) is 11.1. The highest BCUT2D eigenvalue weighted by molar-refractivity contribution is 5.57. The molecule has 0 radical (unpaired) electrons. The maximum Gasteiger partial charge on any atom is 0.416 e. The van der Waals surface area contributed by atoms with E-state index in [9.17, 15) is 13.2 Å². The van der Waals surface area contributed by atoms with E-state index in [1.807, 2.05) is 18.7 Å². The van der Waals surface area contributed by atoms with Crippen LogP contribution >= 0.6 is 0 Å². The third kappa shape index (κ3) is 3.18. The van der Waals surface area contributed by atoms with Gasteiger partial charge < -0.3 is 4.90 Å². The van der Waals surface area contributed by atoms with Gasteiger partial charge in [-0.3, -0.25) is 0 Å². The maximum absolute atomic E-state index is 12.7. The number of rotatable bonds is 1. The molecule has 0 saturated carbocycles. The molecular weight excluding hydrogens is 239 g/mol. The molecular formula is C14H20F3N. The lowest BCUT2D eigenvalue weighted by Gasteiger charge is -2.22. The van der Waals surface area contributed by atoms with Crippen molar-refractivity contribution in [2.24, 2.45) is 0 Å². The van der Waals surface area contributed by atoms with Gasteiger partial charge >= 0.3 is 6.18 Å². The third-order valence-corrected chi connectivity index (χ3v) is 3.06. The number of anilines is 1. The first kappa shape index (κ1) is 14.9. The summed E-state index contributed by atoms with van der Waals surface area (Å²) in [7, 11) is 0. The fourth-order valence-electron chi connectivity index (χ4n) is 2.23. The molecule has 0 aromatic heterocycles. The molecule has 1 aliphatic heterocycles. The second kappa shape index (κ2) is 6.12. The number of benzene rings is 1. The van der Waals surface area contributed by atoms with Crippen LogP contribution in [0.25, 0.3) is 0 Å². The molecule has 1 heterocycles. The first-order chi connectivity index (χ1) is 8.50. The molecule has 1 aromatic carbocycles. The molecule has 1 nitrogen and oxygen atoms in total. The zero-order chi connectivity index (χ0) is 13.8. The predicted octanol–water partition coefficient (Wildman–Crippen LogP) is 4.64. The Morgan fingerprint density at radius 3 is 2.11 bits per heavy atom. The maximum atomic E-state index is 12.7. The Kier molecular flexibility index (Phi) is 5.05. The summed E-state index contributed by atoms with van der Waals surface area (Å²) in [6.07, 6.45) is -2.12. The van der Waals surface area contributed by atoms with E-state index in [-0.39, 0.29) is 0 Å². The van der Waals surface area contributed by atoms with Crippen molar-refractivity contribution >= 4 is 5.69 Å². The van der Waals surface area contributed by atoms with Crippen LogP contribution in [0.3, 0.4) is 0 Å². The van der Waals surface area contributed by atoms with E-state index >= 15 is 0 Å². The van der Waals surface area contributed by atoms with Crippen molar-refractivity contribution in [1.29, 1.82) is 0 Å². The van der Waals surface area contributed by atoms with E-state index in [4.69, 9.17) is 0 Å². The van der Waals surface area contributed by atoms with Gasteiger partial charge in [0, 0.05) is 18.8 Å². The fraction of sp³-hybridized carbons (Fsp3) is 0.571. The van der Waals surface area contributed by atoms with Crippen LogP contribution in [0.5, 0.6) is 0 Å². The lowest BCUT2D eigenvalue weighted by atomic mass is 10.1. The molecule has 1 saturated heterocycles. The van der Waals surface area contributed by atoms with Crippen LogP contribution in [-0.2, 0) is 6.18 Å². The van der Waals surface area contributed by atoms with Crippen molar-refractivity contribution in [2.45, 2.75) is 39.8 Å². The Bertz CT molecular complexity index is 379. The zero-order valence-electron chi connectivity index (χ0n) is 11.1. The van der Waals surface area contributed by atoms with Crippen LogP contribution < -0.4 is 4.90 Å². The first-order valence-electron chi connectivity index (χ1n) is 6.42. The smallest absolute Gasteiger partial charge is 0.371 e. The Hall–Kier alpha value is -1.19. The monoisotopic (exact) mass is 259 g/mol. The summed E-state index contributed by atoms with van der Waals surface area (Å²) in [6, 6.07) is 4.41. The van der Waals surface area contributed by atoms with Gasteiger partial charge in [0.1, 0.15) is 0 Å². The second-order valence-electron chi connectivity index (χ2n) is 4.14. The van der Waals surface area contributed by atoms with Gasteiger partial charge in [0.2, 0.25) is 0 Å². The van der Waals surface area contributed by atoms with Gasteiger partial charge in [-0.05, 0) is 37.5 Å². The number of alkyl halides is 3. The molecule has 4 heteroatoms. The van der Waals surface area contributed by atoms with Crippen molar-refractivity contribution in [1.82, 2.24) is 0 Å². The Morgan fingerprint density at radius 2 is 1.61 bits per heavy atom. The second-order valence-corrected chi connectivity index (χ2v) is 4.14. The minimum atomic E-state index is -4.25. The molecule has 18 heavy (non-hydrogen) atoms. The van der Waals surface area contributed by atoms with Crippen LogP contribution in [0, 0.1) is 6.92 Å². The number of halogens is 3. The van der Waals surface area contributed by atoms with E-state index in [0.29, 0.717) is 5.56 Å². The average Bonchev–Trinajstić information content (AvgIpc) is 2.84. The normalized spacial score (nSPS) is 15.3. The highest BCUT2D eigenvalue weighted by atomic mass is 19.4. The summed E-state index contributed by atoms with van der Waals surface area (Å²) in [5, 5.41) is 0. The Balaban J connectivity index is 0.000000771. The van der Waals surface area contributed by atoms with Crippen molar-refractivity contribution < 1.29 is 13.2 Å². The quantitative estimate of drug-likeness (QED) is 0.710. The van der Waals surface area contributed by atoms with Gasteiger partial charge in [-0.1, -0.05) is 19.9 Å². The summed E-state index contributed by atoms with van der Waals surface area (Å²) in [5.74, 6) is 0. The molecule has 0 unspecified atom stereocenters. The first-order valence-corrected chi connectivity index (χ1v) is 6.42. The minimum Gasteiger partial charge on any atom is -0.371 e. The van der Waals surface area contributed by atoms with Crippen LogP contribution in [0.4, 0.5) is 18.9 Å². The molecule has 102 valence electrons. The summed E-state index contributed by atoms with van der Waals surface area (Å²) in [6.45, 7) is 7.28. The SMILES string of the molecule is CC.Cc1c(N2CCCC2)cccc1C(F)(F)F. The molecule has 1 fully saturated rings. The molecule has 0 bridgehead atoms. The highest BCUT2D eigenvalue weighted by Crippen LogP contribution is 2.36. The highest BCUT2D eigenvalue weighted by Gasteiger charge is 2.33. The number of hydrogen-bond donors (Lipinski definition) is 0. The molecule has 1 aromatic rings. The largest absolute Gasteiger partial charge is 0.416 e. The molecule has 2 rings (SSSR count). The summed E-state index contributed by atoms with van der Waals surface area (Å²) in [4.78, 5) is 2.03. The summed E-state index contributed by atoms with van der Waals surface area (Å²) in [5.41, 5.74) is 0.557. The third-order valence-electron chi connectivity index (χ3n) is 3.06. The number of nitrogens with zero attached hydrogens (tertiary/aromatic N) is 1. The van der Waals surface area contributed by atoms with Gasteiger partial charge in [0.25, 0.3) is 0 Å². The standard InChI is InChI=1S/C12H14F3N.C2H6/c1-9-10(12(13,14)15)5-4-6-11(9)16-7-2-3-8-16;1-2/h4-6H,2-3,7-8H2,1H3;1-2H3. The van der Waals surface area contributed by atoms with E-state index in [1.54, 1.807) is 13.0 Å². The van der Waals surface area contributed by atoms with Gasteiger partial charge in [0.15, 0.2) is 0 Å². The van der Waals surface area contributed by atoms with Crippen molar-refractivity contribution in [3.05, 3.63) is 29.3 Å². The van der Waals surface area contributed by atoms with Gasteiger partial charge in [-0.25, -0.2) is 0 Å². The Labute approximate surface area is 107 Å². The van der Waals surface area contributed by atoms with Crippen molar-refractivity contribution in [3.8, 4) is 0 Å². The number of hydrogen-bond acceptors (Lipinski definition) is 1. The molecule has 0 spiro atoms. The summed E-state index contributed by atoms with van der Waals surface area (Å²) >= 11 is 0. The van der Waals surface area contributed by atoms with Crippen LogP contribution in [0.2, 0.25) is 0 Å². The molecule has 0 aliphatic carbocycles. The Morgan fingerprint density at radius 1 is 1.06 bits per heavy atom.